The second-order valence-corrected chi connectivity index (χ2v) is 5.26. The van der Waals surface area contributed by atoms with Crippen molar-refractivity contribution < 1.29 is 4.79 Å². The first-order valence-electron chi connectivity index (χ1n) is 5.27. The Hall–Kier alpha value is -0.960. The minimum absolute atomic E-state index is 0.104. The molecule has 2 aromatic rings. The van der Waals surface area contributed by atoms with Crippen LogP contribution in [0.5, 0.6) is 0 Å². The normalized spacial score (nSPS) is 10.4. The number of benzene rings is 2. The van der Waals surface area contributed by atoms with Crippen LogP contribution in [0.1, 0.15) is 15.9 Å². The number of thioether (sulfide) groups is 1. The van der Waals surface area contributed by atoms with Crippen molar-refractivity contribution in [1.82, 2.24) is 0 Å². The lowest BCUT2D eigenvalue weighted by atomic mass is 10.0. The minimum Gasteiger partial charge on any atom is -0.289 e. The van der Waals surface area contributed by atoms with Crippen molar-refractivity contribution in [2.45, 2.75) is 4.90 Å². The molecule has 0 amide bonds. The zero-order valence-corrected chi connectivity index (χ0v) is 11.9. The van der Waals surface area contributed by atoms with E-state index >= 15 is 0 Å². The molecule has 92 valence electrons. The Balaban J connectivity index is 2.52. The van der Waals surface area contributed by atoms with Crippen molar-refractivity contribution >= 4 is 40.7 Å². The van der Waals surface area contributed by atoms with Crippen LogP contribution in [-0.4, -0.2) is 12.0 Å². The summed E-state index contributed by atoms with van der Waals surface area (Å²) < 4.78 is 0. The van der Waals surface area contributed by atoms with Gasteiger partial charge in [-0.3, -0.25) is 4.79 Å². The van der Waals surface area contributed by atoms with Crippen molar-refractivity contribution in [2.24, 2.45) is 0 Å². The van der Waals surface area contributed by atoms with Crippen LogP contribution in [0.25, 0.3) is 0 Å². The van der Waals surface area contributed by atoms with Crippen molar-refractivity contribution in [3.63, 3.8) is 0 Å². The molecular formula is C14H10Cl2OS. The summed E-state index contributed by atoms with van der Waals surface area (Å²) in [5.41, 5.74) is 1.08. The molecule has 0 bridgehead atoms. The number of hydrogen-bond acceptors (Lipinski definition) is 2. The van der Waals surface area contributed by atoms with E-state index in [1.165, 1.54) is 11.8 Å². The van der Waals surface area contributed by atoms with E-state index in [1.54, 1.807) is 24.3 Å². The number of carbonyl (C=O) groups is 1. The maximum absolute atomic E-state index is 12.4. The highest BCUT2D eigenvalue weighted by Crippen LogP contribution is 2.29. The Morgan fingerprint density at radius 1 is 1.00 bits per heavy atom. The molecule has 0 atom stereocenters. The molecule has 0 N–H and O–H groups in total. The Bertz CT molecular complexity index is 596. The van der Waals surface area contributed by atoms with Crippen molar-refractivity contribution in [1.29, 1.82) is 0 Å². The highest BCUT2D eigenvalue weighted by molar-refractivity contribution is 7.98. The molecule has 0 spiro atoms. The van der Waals surface area contributed by atoms with Crippen LogP contribution in [0.3, 0.4) is 0 Å². The van der Waals surface area contributed by atoms with Crippen LogP contribution in [0.4, 0.5) is 0 Å². The van der Waals surface area contributed by atoms with Gasteiger partial charge in [0, 0.05) is 16.0 Å². The summed E-state index contributed by atoms with van der Waals surface area (Å²) in [6, 6.07) is 12.5. The van der Waals surface area contributed by atoms with Crippen molar-refractivity contribution in [3.8, 4) is 0 Å². The minimum atomic E-state index is -0.104. The summed E-state index contributed by atoms with van der Waals surface area (Å²) in [6.07, 6.45) is 1.94. The standard InChI is InChI=1S/C14H10Cl2OS/c1-18-12-8-3-2-5-9(12)14(17)10-6-4-7-11(15)13(10)16/h2-8H,1H3. The Morgan fingerprint density at radius 2 is 1.67 bits per heavy atom. The van der Waals surface area contributed by atoms with E-state index in [9.17, 15) is 4.79 Å². The van der Waals surface area contributed by atoms with E-state index in [4.69, 9.17) is 23.2 Å². The van der Waals surface area contributed by atoms with Gasteiger partial charge in [0.15, 0.2) is 5.78 Å². The first-order chi connectivity index (χ1) is 8.65. The Morgan fingerprint density at radius 3 is 2.39 bits per heavy atom. The number of ketones is 1. The van der Waals surface area contributed by atoms with Crippen LogP contribution >= 0.6 is 35.0 Å². The van der Waals surface area contributed by atoms with E-state index in [2.05, 4.69) is 0 Å². The first kappa shape index (κ1) is 13.5. The van der Waals surface area contributed by atoms with Crippen LogP contribution < -0.4 is 0 Å². The second kappa shape index (κ2) is 5.79. The van der Waals surface area contributed by atoms with Gasteiger partial charge in [-0.05, 0) is 30.5 Å². The number of carbonyl (C=O) groups excluding carboxylic acids is 1. The lowest BCUT2D eigenvalue weighted by molar-refractivity contribution is 0.103. The van der Waals surface area contributed by atoms with Gasteiger partial charge < -0.3 is 0 Å². The lowest BCUT2D eigenvalue weighted by Crippen LogP contribution is -2.03. The zero-order chi connectivity index (χ0) is 13.1. The number of halogens is 2. The summed E-state index contributed by atoms with van der Waals surface area (Å²) in [7, 11) is 0. The molecular weight excluding hydrogens is 287 g/mol. The van der Waals surface area contributed by atoms with Gasteiger partial charge in [-0.15, -0.1) is 11.8 Å². The van der Waals surface area contributed by atoms with Crippen LogP contribution in [-0.2, 0) is 0 Å². The maximum atomic E-state index is 12.4. The molecule has 18 heavy (non-hydrogen) atoms. The van der Waals surface area contributed by atoms with Gasteiger partial charge in [0.05, 0.1) is 10.0 Å². The fraction of sp³-hybridized carbons (Fsp3) is 0.0714. The van der Waals surface area contributed by atoms with Gasteiger partial charge in [-0.2, -0.15) is 0 Å². The molecule has 0 heterocycles. The van der Waals surface area contributed by atoms with Gasteiger partial charge in [0.25, 0.3) is 0 Å². The average Bonchev–Trinajstić information content (AvgIpc) is 2.41. The van der Waals surface area contributed by atoms with Crippen LogP contribution in [0.2, 0.25) is 10.0 Å². The summed E-state index contributed by atoms with van der Waals surface area (Å²) in [5.74, 6) is -0.104. The van der Waals surface area contributed by atoms with E-state index in [0.717, 1.165) is 4.90 Å². The molecule has 4 heteroatoms. The van der Waals surface area contributed by atoms with Gasteiger partial charge in [-0.25, -0.2) is 0 Å². The fourth-order valence-corrected chi connectivity index (χ4v) is 2.64. The average molecular weight is 297 g/mol. The molecule has 2 aromatic carbocycles. The Labute approximate surface area is 120 Å². The highest BCUT2D eigenvalue weighted by Gasteiger charge is 2.16. The molecule has 1 nitrogen and oxygen atoms in total. The third-order valence-corrected chi connectivity index (χ3v) is 4.16. The summed E-state index contributed by atoms with van der Waals surface area (Å²) in [5, 5.41) is 0.698. The molecule has 2 rings (SSSR count). The third kappa shape index (κ3) is 2.56. The van der Waals surface area contributed by atoms with Crippen molar-refractivity contribution in [3.05, 3.63) is 63.6 Å². The largest absolute Gasteiger partial charge is 0.289 e. The monoisotopic (exact) mass is 296 g/mol. The van der Waals surface area contributed by atoms with Gasteiger partial charge in [0.1, 0.15) is 0 Å². The molecule has 0 saturated carbocycles. The van der Waals surface area contributed by atoms with Gasteiger partial charge in [-0.1, -0.05) is 41.4 Å². The van der Waals surface area contributed by atoms with Gasteiger partial charge in [0.2, 0.25) is 0 Å². The van der Waals surface area contributed by atoms with E-state index in [1.807, 2.05) is 24.5 Å². The quantitative estimate of drug-likeness (QED) is 0.589. The lowest BCUT2D eigenvalue weighted by Gasteiger charge is -2.08. The Kier molecular flexibility index (Phi) is 4.33. The summed E-state index contributed by atoms with van der Waals surface area (Å²) in [4.78, 5) is 13.4. The predicted molar refractivity (Wildman–Crippen MR) is 78.1 cm³/mol. The molecule has 0 saturated heterocycles. The van der Waals surface area contributed by atoms with Gasteiger partial charge >= 0.3 is 0 Å². The predicted octanol–water partition coefficient (Wildman–Crippen LogP) is 4.95. The van der Waals surface area contributed by atoms with Crippen molar-refractivity contribution in [2.75, 3.05) is 6.26 Å². The molecule has 0 aliphatic carbocycles. The van der Waals surface area contributed by atoms with Crippen LogP contribution in [0.15, 0.2) is 47.4 Å². The number of rotatable bonds is 3. The third-order valence-electron chi connectivity index (χ3n) is 2.55. The molecule has 0 radical (unpaired) electrons. The fourth-order valence-electron chi connectivity index (χ4n) is 1.66. The van der Waals surface area contributed by atoms with E-state index < -0.39 is 0 Å². The van der Waals surface area contributed by atoms with Crippen LogP contribution in [0, 0.1) is 0 Å². The first-order valence-corrected chi connectivity index (χ1v) is 7.25. The second-order valence-electron chi connectivity index (χ2n) is 3.63. The maximum Gasteiger partial charge on any atom is 0.195 e. The smallest absolute Gasteiger partial charge is 0.195 e. The SMILES string of the molecule is CSc1ccccc1C(=O)c1cccc(Cl)c1Cl. The topological polar surface area (TPSA) is 17.1 Å². The molecule has 0 aromatic heterocycles. The molecule has 0 unspecified atom stereocenters. The van der Waals surface area contributed by atoms with E-state index in [0.29, 0.717) is 21.2 Å². The highest BCUT2D eigenvalue weighted by atomic mass is 35.5. The summed E-state index contributed by atoms with van der Waals surface area (Å²) >= 11 is 13.5. The molecule has 0 aliphatic heterocycles. The molecule has 0 fully saturated rings. The number of hydrogen-bond donors (Lipinski definition) is 0. The summed E-state index contributed by atoms with van der Waals surface area (Å²) in [6.45, 7) is 0. The zero-order valence-electron chi connectivity index (χ0n) is 9.61. The molecule has 0 aliphatic rings. The van der Waals surface area contributed by atoms with E-state index in [-0.39, 0.29) is 5.78 Å².